The summed E-state index contributed by atoms with van der Waals surface area (Å²) in [7, 11) is 0. The van der Waals surface area contributed by atoms with E-state index in [1.807, 2.05) is 0 Å². The Balaban J connectivity index is 1.86. The van der Waals surface area contributed by atoms with Gasteiger partial charge in [0.1, 0.15) is 6.26 Å². The molecule has 0 aliphatic heterocycles. The third kappa shape index (κ3) is 5.67. The van der Waals surface area contributed by atoms with Gasteiger partial charge in [-0.2, -0.15) is 0 Å². The standard InChI is InChI=1S/C16H25N3O4/c17-9-4-3-7-13(18-16(21)12-5-1-2-6-12)14(20)11-22-15-8-10-23-19-15/h8,10,12-13H,1-7,9,11,17H2,(H,18,21). The van der Waals surface area contributed by atoms with Crippen molar-refractivity contribution in [3.05, 3.63) is 12.3 Å². The Bertz CT molecular complexity index is 484. The van der Waals surface area contributed by atoms with Crippen LogP contribution in [0.3, 0.4) is 0 Å². The van der Waals surface area contributed by atoms with Gasteiger partial charge in [-0.15, -0.1) is 0 Å². The summed E-state index contributed by atoms with van der Waals surface area (Å²) in [6.07, 6.45) is 7.56. The molecule has 23 heavy (non-hydrogen) atoms. The van der Waals surface area contributed by atoms with Crippen molar-refractivity contribution in [2.75, 3.05) is 13.2 Å². The predicted molar refractivity (Wildman–Crippen MR) is 83.8 cm³/mol. The Morgan fingerprint density at radius 1 is 1.39 bits per heavy atom. The quantitative estimate of drug-likeness (QED) is 0.631. The first-order valence-corrected chi connectivity index (χ1v) is 8.27. The molecule has 1 aliphatic rings. The van der Waals surface area contributed by atoms with E-state index in [0.29, 0.717) is 13.0 Å². The maximum absolute atomic E-state index is 12.4. The first-order valence-electron chi connectivity index (χ1n) is 8.27. The van der Waals surface area contributed by atoms with Crippen molar-refractivity contribution < 1.29 is 18.8 Å². The number of Topliss-reactive ketones (excluding diaryl/α,β-unsaturated/α-hetero) is 1. The molecule has 0 spiro atoms. The van der Waals surface area contributed by atoms with Gasteiger partial charge in [0.15, 0.2) is 12.4 Å². The second kappa shape index (κ2) is 9.29. The molecule has 0 aromatic carbocycles. The van der Waals surface area contributed by atoms with E-state index in [2.05, 4.69) is 15.0 Å². The number of rotatable bonds is 10. The van der Waals surface area contributed by atoms with Crippen LogP contribution in [0.4, 0.5) is 0 Å². The molecule has 0 bridgehead atoms. The normalized spacial score (nSPS) is 16.2. The van der Waals surface area contributed by atoms with E-state index < -0.39 is 6.04 Å². The second-order valence-corrected chi connectivity index (χ2v) is 5.92. The van der Waals surface area contributed by atoms with Gasteiger partial charge in [0, 0.05) is 12.0 Å². The average molecular weight is 323 g/mol. The number of hydrogen-bond donors (Lipinski definition) is 2. The van der Waals surface area contributed by atoms with Crippen LogP contribution >= 0.6 is 0 Å². The molecule has 1 unspecified atom stereocenters. The smallest absolute Gasteiger partial charge is 0.254 e. The summed E-state index contributed by atoms with van der Waals surface area (Å²) in [5, 5.41) is 6.49. The van der Waals surface area contributed by atoms with Crippen molar-refractivity contribution in [2.45, 2.75) is 51.0 Å². The molecule has 2 rings (SSSR count). The summed E-state index contributed by atoms with van der Waals surface area (Å²) in [4.78, 5) is 24.6. The molecule has 1 aliphatic carbocycles. The van der Waals surface area contributed by atoms with Gasteiger partial charge in [0.25, 0.3) is 5.88 Å². The molecule has 1 fully saturated rings. The van der Waals surface area contributed by atoms with E-state index in [1.54, 1.807) is 0 Å². The highest BCUT2D eigenvalue weighted by Crippen LogP contribution is 2.25. The number of carbonyl (C=O) groups is 2. The molecule has 1 aromatic heterocycles. The third-order valence-corrected chi connectivity index (χ3v) is 4.15. The molecular formula is C16H25N3O4. The number of carbonyl (C=O) groups excluding carboxylic acids is 2. The lowest BCUT2D eigenvalue weighted by Crippen LogP contribution is -2.45. The number of ketones is 1. The van der Waals surface area contributed by atoms with Gasteiger partial charge in [0.05, 0.1) is 6.04 Å². The largest absolute Gasteiger partial charge is 0.467 e. The van der Waals surface area contributed by atoms with Crippen molar-refractivity contribution >= 4 is 11.7 Å². The van der Waals surface area contributed by atoms with Crippen LogP contribution in [0.5, 0.6) is 5.88 Å². The molecule has 3 N–H and O–H groups in total. The molecule has 128 valence electrons. The van der Waals surface area contributed by atoms with Crippen LogP contribution in [0.25, 0.3) is 0 Å². The van der Waals surface area contributed by atoms with Crippen molar-refractivity contribution in [1.29, 1.82) is 0 Å². The van der Waals surface area contributed by atoms with Crippen LogP contribution in [0.1, 0.15) is 44.9 Å². The van der Waals surface area contributed by atoms with E-state index in [0.717, 1.165) is 38.5 Å². The SMILES string of the molecule is NCCCCC(NC(=O)C1CCCC1)C(=O)COc1ccon1. The van der Waals surface area contributed by atoms with E-state index in [4.69, 9.17) is 10.5 Å². The van der Waals surface area contributed by atoms with Gasteiger partial charge in [-0.25, -0.2) is 0 Å². The summed E-state index contributed by atoms with van der Waals surface area (Å²) in [5.41, 5.74) is 5.50. The number of hydrogen-bond acceptors (Lipinski definition) is 6. The number of ether oxygens (including phenoxy) is 1. The number of unbranched alkanes of at least 4 members (excludes halogenated alkanes) is 1. The Hall–Kier alpha value is -1.89. The highest BCUT2D eigenvalue weighted by molar-refractivity contribution is 5.90. The first kappa shape index (κ1) is 17.5. The summed E-state index contributed by atoms with van der Waals surface area (Å²) in [5.74, 6) is 0.129. The van der Waals surface area contributed by atoms with Crippen LogP contribution in [0.15, 0.2) is 16.9 Å². The molecule has 1 atom stereocenters. The van der Waals surface area contributed by atoms with Gasteiger partial charge in [-0.1, -0.05) is 12.8 Å². The summed E-state index contributed by atoms with van der Waals surface area (Å²) in [6, 6.07) is 1.01. The number of aromatic nitrogens is 1. The van der Waals surface area contributed by atoms with E-state index >= 15 is 0 Å². The second-order valence-electron chi connectivity index (χ2n) is 5.92. The average Bonchev–Trinajstić information content (AvgIpc) is 3.24. The Kier molecular flexibility index (Phi) is 7.06. The monoisotopic (exact) mass is 323 g/mol. The zero-order valence-corrected chi connectivity index (χ0v) is 13.3. The maximum Gasteiger partial charge on any atom is 0.254 e. The molecule has 7 nitrogen and oxygen atoms in total. The maximum atomic E-state index is 12.4. The Morgan fingerprint density at radius 3 is 2.83 bits per heavy atom. The van der Waals surface area contributed by atoms with Crippen LogP contribution in [-0.2, 0) is 9.59 Å². The zero-order chi connectivity index (χ0) is 16.5. The topological polar surface area (TPSA) is 107 Å². The minimum Gasteiger partial charge on any atom is -0.467 e. The minimum atomic E-state index is -0.526. The van der Waals surface area contributed by atoms with Crippen molar-refractivity contribution in [3.8, 4) is 5.88 Å². The molecule has 1 amide bonds. The number of nitrogens with one attached hydrogen (secondary N) is 1. The first-order chi connectivity index (χ1) is 11.2. The lowest BCUT2D eigenvalue weighted by molar-refractivity contribution is -0.131. The number of nitrogens with two attached hydrogens (primary N) is 1. The summed E-state index contributed by atoms with van der Waals surface area (Å²) >= 11 is 0. The highest BCUT2D eigenvalue weighted by Gasteiger charge is 2.27. The summed E-state index contributed by atoms with van der Waals surface area (Å²) in [6.45, 7) is 0.442. The molecule has 1 heterocycles. The van der Waals surface area contributed by atoms with Crippen LogP contribution < -0.4 is 15.8 Å². The lowest BCUT2D eigenvalue weighted by Gasteiger charge is -2.19. The highest BCUT2D eigenvalue weighted by atomic mass is 16.5. The Morgan fingerprint density at radius 2 is 2.17 bits per heavy atom. The Labute approximate surface area is 135 Å². The minimum absolute atomic E-state index is 0.0185. The van der Waals surface area contributed by atoms with Crippen molar-refractivity contribution in [1.82, 2.24) is 10.5 Å². The molecule has 0 radical (unpaired) electrons. The van der Waals surface area contributed by atoms with Crippen LogP contribution in [0, 0.1) is 5.92 Å². The number of nitrogens with zero attached hydrogens (tertiary/aromatic N) is 1. The fraction of sp³-hybridized carbons (Fsp3) is 0.688. The van der Waals surface area contributed by atoms with Gasteiger partial charge in [-0.3, -0.25) is 9.59 Å². The fourth-order valence-corrected chi connectivity index (χ4v) is 2.81. The van der Waals surface area contributed by atoms with E-state index in [-0.39, 0.29) is 30.1 Å². The fourth-order valence-electron chi connectivity index (χ4n) is 2.81. The van der Waals surface area contributed by atoms with Crippen LogP contribution in [-0.4, -0.2) is 36.0 Å². The van der Waals surface area contributed by atoms with Crippen molar-refractivity contribution in [2.24, 2.45) is 11.7 Å². The van der Waals surface area contributed by atoms with Crippen LogP contribution in [0.2, 0.25) is 0 Å². The lowest BCUT2D eigenvalue weighted by atomic mass is 10.0. The van der Waals surface area contributed by atoms with Crippen molar-refractivity contribution in [3.63, 3.8) is 0 Å². The van der Waals surface area contributed by atoms with Gasteiger partial charge in [0.2, 0.25) is 5.91 Å². The number of amides is 1. The molecule has 7 heteroatoms. The molecular weight excluding hydrogens is 298 g/mol. The molecule has 1 aromatic rings. The molecule has 1 saturated carbocycles. The van der Waals surface area contributed by atoms with Gasteiger partial charge < -0.3 is 20.3 Å². The predicted octanol–water partition coefficient (Wildman–Crippen LogP) is 1.43. The van der Waals surface area contributed by atoms with Gasteiger partial charge >= 0.3 is 0 Å². The third-order valence-electron chi connectivity index (χ3n) is 4.15. The van der Waals surface area contributed by atoms with Gasteiger partial charge in [-0.05, 0) is 43.8 Å². The summed E-state index contributed by atoms with van der Waals surface area (Å²) < 4.78 is 9.92. The van der Waals surface area contributed by atoms with E-state index in [9.17, 15) is 9.59 Å². The van der Waals surface area contributed by atoms with E-state index in [1.165, 1.54) is 12.3 Å². The molecule has 0 saturated heterocycles. The zero-order valence-electron chi connectivity index (χ0n) is 13.3.